The number of hydrogen-bond donors (Lipinski definition) is 2. The fourth-order valence-corrected chi connectivity index (χ4v) is 1.16. The van der Waals surface area contributed by atoms with Crippen molar-refractivity contribution in [3.05, 3.63) is 23.8 Å². The van der Waals surface area contributed by atoms with E-state index in [0.717, 1.165) is 18.5 Å². The molecule has 0 aliphatic rings. The Kier molecular flexibility index (Phi) is 3.58. The number of likely N-dealkylation sites (N-methyl/N-ethyl adjacent to an activating group) is 1. The molecule has 0 saturated carbocycles. The average molecular weight is 181 g/mol. The van der Waals surface area contributed by atoms with Gasteiger partial charge < -0.3 is 15.2 Å². The lowest BCUT2D eigenvalue weighted by molar-refractivity contribution is 0.373. The highest BCUT2D eigenvalue weighted by atomic mass is 16.5. The van der Waals surface area contributed by atoms with Gasteiger partial charge in [0.25, 0.3) is 0 Å². The first-order valence-corrected chi connectivity index (χ1v) is 4.28. The van der Waals surface area contributed by atoms with E-state index in [1.54, 1.807) is 19.2 Å². The van der Waals surface area contributed by atoms with Crippen molar-refractivity contribution in [2.24, 2.45) is 0 Å². The van der Waals surface area contributed by atoms with Crippen LogP contribution in [-0.4, -0.2) is 25.8 Å². The summed E-state index contributed by atoms with van der Waals surface area (Å²) in [7, 11) is 3.45. The van der Waals surface area contributed by atoms with Gasteiger partial charge >= 0.3 is 0 Å². The number of nitrogens with one attached hydrogen (secondary N) is 1. The molecule has 0 aromatic heterocycles. The predicted octanol–water partition coefficient (Wildman–Crippen LogP) is 1.16. The van der Waals surface area contributed by atoms with Crippen molar-refractivity contribution in [1.29, 1.82) is 0 Å². The zero-order valence-corrected chi connectivity index (χ0v) is 8.00. The molecule has 13 heavy (non-hydrogen) atoms. The van der Waals surface area contributed by atoms with E-state index in [4.69, 9.17) is 4.74 Å². The minimum absolute atomic E-state index is 0.205. The Morgan fingerprint density at radius 1 is 1.46 bits per heavy atom. The molecule has 0 amide bonds. The van der Waals surface area contributed by atoms with E-state index >= 15 is 0 Å². The van der Waals surface area contributed by atoms with Crippen molar-refractivity contribution in [1.82, 2.24) is 5.32 Å². The van der Waals surface area contributed by atoms with Crippen LogP contribution in [0.4, 0.5) is 0 Å². The maximum absolute atomic E-state index is 9.45. The minimum Gasteiger partial charge on any atom is -0.504 e. The van der Waals surface area contributed by atoms with Gasteiger partial charge in [-0.25, -0.2) is 0 Å². The summed E-state index contributed by atoms with van der Waals surface area (Å²) in [5.41, 5.74) is 1.10. The van der Waals surface area contributed by atoms with Crippen molar-refractivity contribution in [2.45, 2.75) is 6.42 Å². The molecule has 1 aromatic rings. The van der Waals surface area contributed by atoms with Crippen molar-refractivity contribution in [2.75, 3.05) is 20.7 Å². The molecule has 1 rings (SSSR count). The predicted molar refractivity (Wildman–Crippen MR) is 52.3 cm³/mol. The first kappa shape index (κ1) is 9.86. The zero-order valence-electron chi connectivity index (χ0n) is 8.00. The van der Waals surface area contributed by atoms with E-state index in [-0.39, 0.29) is 5.75 Å². The fourth-order valence-electron chi connectivity index (χ4n) is 1.16. The number of ether oxygens (including phenoxy) is 1. The van der Waals surface area contributed by atoms with Gasteiger partial charge in [-0.1, -0.05) is 6.07 Å². The second-order valence-electron chi connectivity index (χ2n) is 2.86. The van der Waals surface area contributed by atoms with Gasteiger partial charge in [0.15, 0.2) is 11.5 Å². The average Bonchev–Trinajstić information content (AvgIpc) is 2.15. The van der Waals surface area contributed by atoms with E-state index in [9.17, 15) is 5.11 Å². The first-order chi connectivity index (χ1) is 6.27. The molecule has 2 N–H and O–H groups in total. The van der Waals surface area contributed by atoms with Crippen molar-refractivity contribution in [3.8, 4) is 11.5 Å². The van der Waals surface area contributed by atoms with Gasteiger partial charge in [0.2, 0.25) is 0 Å². The minimum atomic E-state index is 0.205. The van der Waals surface area contributed by atoms with Crippen molar-refractivity contribution >= 4 is 0 Å². The van der Waals surface area contributed by atoms with E-state index in [0.29, 0.717) is 5.75 Å². The molecule has 0 unspecified atom stereocenters. The second-order valence-corrected chi connectivity index (χ2v) is 2.86. The van der Waals surface area contributed by atoms with Gasteiger partial charge in [0.1, 0.15) is 0 Å². The highest BCUT2D eigenvalue weighted by Crippen LogP contribution is 2.26. The molecule has 0 atom stereocenters. The number of methoxy groups -OCH3 is 1. The van der Waals surface area contributed by atoms with Crippen LogP contribution >= 0.6 is 0 Å². The first-order valence-electron chi connectivity index (χ1n) is 4.28. The summed E-state index contributed by atoms with van der Waals surface area (Å²) in [6, 6.07) is 5.46. The maximum Gasteiger partial charge on any atom is 0.160 e. The zero-order chi connectivity index (χ0) is 9.68. The van der Waals surface area contributed by atoms with Crippen molar-refractivity contribution < 1.29 is 9.84 Å². The van der Waals surface area contributed by atoms with E-state index in [1.165, 1.54) is 0 Å². The van der Waals surface area contributed by atoms with E-state index in [2.05, 4.69) is 5.32 Å². The Morgan fingerprint density at radius 2 is 2.23 bits per heavy atom. The molecule has 0 spiro atoms. The lowest BCUT2D eigenvalue weighted by atomic mass is 10.1. The molecule has 1 aromatic carbocycles. The lowest BCUT2D eigenvalue weighted by Gasteiger charge is -2.05. The van der Waals surface area contributed by atoms with Gasteiger partial charge in [-0.05, 0) is 37.7 Å². The number of phenols is 1. The Balaban J connectivity index is 2.71. The van der Waals surface area contributed by atoms with E-state index in [1.807, 2.05) is 13.1 Å². The molecule has 3 nitrogen and oxygen atoms in total. The molecule has 0 bridgehead atoms. The Hall–Kier alpha value is -1.22. The topological polar surface area (TPSA) is 41.5 Å². The molecular weight excluding hydrogens is 166 g/mol. The molecule has 0 aliphatic heterocycles. The number of rotatable bonds is 4. The van der Waals surface area contributed by atoms with Gasteiger partial charge in [-0.2, -0.15) is 0 Å². The highest BCUT2D eigenvalue weighted by molar-refractivity contribution is 5.41. The number of aromatic hydroxyl groups is 1. The Bertz CT molecular complexity index is 274. The molecule has 3 heteroatoms. The quantitative estimate of drug-likeness (QED) is 0.732. The smallest absolute Gasteiger partial charge is 0.160 e. The van der Waals surface area contributed by atoms with Crippen LogP contribution in [0.1, 0.15) is 5.56 Å². The molecule has 0 heterocycles. The summed E-state index contributed by atoms with van der Waals surface area (Å²) >= 11 is 0. The molecule has 0 fully saturated rings. The van der Waals surface area contributed by atoms with Crippen LogP contribution in [0.5, 0.6) is 11.5 Å². The van der Waals surface area contributed by atoms with Crippen molar-refractivity contribution in [3.63, 3.8) is 0 Å². The maximum atomic E-state index is 9.45. The second kappa shape index (κ2) is 4.72. The van der Waals surface area contributed by atoms with E-state index < -0.39 is 0 Å². The monoisotopic (exact) mass is 181 g/mol. The van der Waals surface area contributed by atoms with Gasteiger partial charge in [0.05, 0.1) is 7.11 Å². The number of benzene rings is 1. The fraction of sp³-hybridized carbons (Fsp3) is 0.400. The molecule has 72 valence electrons. The third-order valence-corrected chi connectivity index (χ3v) is 1.91. The molecule has 0 radical (unpaired) electrons. The standard InChI is InChI=1S/C10H15NO2/c1-11-6-5-8-3-4-10(13-2)9(12)7-8/h3-4,7,11-12H,5-6H2,1-2H3. The van der Waals surface area contributed by atoms with Crippen LogP contribution in [0, 0.1) is 0 Å². The third-order valence-electron chi connectivity index (χ3n) is 1.91. The summed E-state index contributed by atoms with van der Waals surface area (Å²) in [6.45, 7) is 0.909. The summed E-state index contributed by atoms with van der Waals surface area (Å²) in [4.78, 5) is 0. The van der Waals surface area contributed by atoms with Crippen LogP contribution in [0.15, 0.2) is 18.2 Å². The molecule has 0 saturated heterocycles. The Labute approximate surface area is 78.3 Å². The third kappa shape index (κ3) is 2.63. The lowest BCUT2D eigenvalue weighted by Crippen LogP contribution is -2.10. The molecular formula is C10H15NO2. The summed E-state index contributed by atoms with van der Waals surface area (Å²) in [5, 5.41) is 12.5. The van der Waals surface area contributed by atoms with Crippen LogP contribution in [0.2, 0.25) is 0 Å². The van der Waals surface area contributed by atoms with Gasteiger partial charge in [-0.15, -0.1) is 0 Å². The van der Waals surface area contributed by atoms with Crippen LogP contribution in [0.3, 0.4) is 0 Å². The number of hydrogen-bond acceptors (Lipinski definition) is 3. The van der Waals surface area contributed by atoms with Crippen LogP contribution in [-0.2, 0) is 6.42 Å². The van der Waals surface area contributed by atoms with Crippen LogP contribution < -0.4 is 10.1 Å². The summed E-state index contributed by atoms with van der Waals surface area (Å²) in [6.07, 6.45) is 0.911. The normalized spacial score (nSPS) is 10.0. The Morgan fingerprint density at radius 3 is 2.77 bits per heavy atom. The van der Waals surface area contributed by atoms with Gasteiger partial charge in [-0.3, -0.25) is 0 Å². The summed E-state index contributed by atoms with van der Waals surface area (Å²) < 4.78 is 4.94. The SMILES string of the molecule is CNCCc1ccc(OC)c(O)c1. The largest absolute Gasteiger partial charge is 0.504 e. The van der Waals surface area contributed by atoms with Gasteiger partial charge in [0, 0.05) is 0 Å². The number of phenolic OH excluding ortho intramolecular Hbond substituents is 1. The summed E-state index contributed by atoms with van der Waals surface area (Å²) in [5.74, 6) is 0.726. The highest BCUT2D eigenvalue weighted by Gasteiger charge is 2.01. The molecule has 0 aliphatic carbocycles. The van der Waals surface area contributed by atoms with Crippen LogP contribution in [0.25, 0.3) is 0 Å².